The van der Waals surface area contributed by atoms with Gasteiger partial charge in [-0.3, -0.25) is 4.79 Å². The highest BCUT2D eigenvalue weighted by molar-refractivity contribution is 7.13. The molecule has 0 aromatic carbocycles. The Morgan fingerprint density at radius 2 is 2.05 bits per heavy atom. The fourth-order valence-electron chi connectivity index (χ4n) is 3.45. The van der Waals surface area contributed by atoms with Crippen LogP contribution in [0.5, 0.6) is 0 Å². The van der Waals surface area contributed by atoms with E-state index in [0.717, 1.165) is 69.1 Å². The molecule has 1 aliphatic heterocycles. The number of aryl methyl sites for hydroxylation is 1. The summed E-state index contributed by atoms with van der Waals surface area (Å²) in [7, 11) is 0. The average molecular weight is 323 g/mol. The van der Waals surface area contributed by atoms with Gasteiger partial charge in [0.05, 0.1) is 17.7 Å². The molecule has 6 heteroatoms. The van der Waals surface area contributed by atoms with E-state index < -0.39 is 5.60 Å². The minimum Gasteiger partial charge on any atom is -0.389 e. The highest BCUT2D eigenvalue weighted by Crippen LogP contribution is 2.33. The molecular weight excluding hydrogens is 298 g/mol. The Labute approximate surface area is 135 Å². The quantitative estimate of drug-likeness (QED) is 0.926. The van der Waals surface area contributed by atoms with Crippen molar-refractivity contribution in [2.24, 2.45) is 0 Å². The van der Waals surface area contributed by atoms with Crippen LogP contribution < -0.4 is 4.90 Å². The molecule has 0 radical (unpaired) electrons. The van der Waals surface area contributed by atoms with Crippen molar-refractivity contribution in [3.63, 3.8) is 0 Å². The summed E-state index contributed by atoms with van der Waals surface area (Å²) in [6.07, 6.45) is 4.89. The van der Waals surface area contributed by atoms with Gasteiger partial charge in [-0.1, -0.05) is 12.8 Å². The van der Waals surface area contributed by atoms with Crippen LogP contribution in [0.3, 0.4) is 0 Å². The second-order valence-corrected chi connectivity index (χ2v) is 7.44. The Morgan fingerprint density at radius 1 is 1.27 bits per heavy atom. The summed E-state index contributed by atoms with van der Waals surface area (Å²) in [5, 5.41) is 13.6. The normalized spacial score (nSPS) is 21.9. The van der Waals surface area contributed by atoms with Crippen molar-refractivity contribution >= 4 is 22.4 Å². The molecule has 1 amide bonds. The lowest BCUT2D eigenvalue weighted by atomic mass is 9.97. The first-order valence-electron chi connectivity index (χ1n) is 8.23. The van der Waals surface area contributed by atoms with Crippen LogP contribution in [0, 0.1) is 6.92 Å². The first kappa shape index (κ1) is 15.7. The van der Waals surface area contributed by atoms with Crippen LogP contribution in [0.25, 0.3) is 0 Å². The molecule has 0 atom stereocenters. The third-order valence-corrected chi connectivity index (χ3v) is 5.76. The molecule has 1 saturated heterocycles. The molecule has 0 unspecified atom stereocenters. The molecule has 0 bridgehead atoms. The summed E-state index contributed by atoms with van der Waals surface area (Å²) >= 11 is 1.67. The number of nitrogens with zero attached hydrogens (tertiary/aromatic N) is 3. The summed E-state index contributed by atoms with van der Waals surface area (Å²) in [4.78, 5) is 21.2. The number of hydrogen-bond acceptors (Lipinski definition) is 5. The predicted octanol–water partition coefficient (Wildman–Crippen LogP) is 2.19. The lowest BCUT2D eigenvalue weighted by Gasteiger charge is -2.27. The average Bonchev–Trinajstić information content (AvgIpc) is 3.00. The van der Waals surface area contributed by atoms with E-state index in [1.807, 2.05) is 11.8 Å². The van der Waals surface area contributed by atoms with Crippen molar-refractivity contribution in [2.45, 2.75) is 51.0 Å². The number of carbonyl (C=O) groups excluding carboxylic acids is 1. The number of rotatable bonds is 3. The third kappa shape index (κ3) is 3.60. The molecule has 2 aliphatic rings. The minimum atomic E-state index is -0.741. The Morgan fingerprint density at radius 3 is 2.73 bits per heavy atom. The summed E-state index contributed by atoms with van der Waals surface area (Å²) in [6, 6.07) is 0. The van der Waals surface area contributed by atoms with E-state index >= 15 is 0 Å². The molecule has 1 saturated carbocycles. The number of carbonyl (C=O) groups is 1. The molecule has 1 aliphatic carbocycles. The molecular formula is C16H25N3O2S. The zero-order valence-corrected chi connectivity index (χ0v) is 14.1. The number of aliphatic hydroxyl groups is 1. The maximum atomic E-state index is 12.5. The summed E-state index contributed by atoms with van der Waals surface area (Å²) in [5.74, 6) is 0.113. The highest BCUT2D eigenvalue weighted by atomic mass is 32.1. The van der Waals surface area contributed by atoms with E-state index in [0.29, 0.717) is 6.42 Å². The highest BCUT2D eigenvalue weighted by Gasteiger charge is 2.35. The summed E-state index contributed by atoms with van der Waals surface area (Å²) in [6.45, 7) is 5.30. The summed E-state index contributed by atoms with van der Waals surface area (Å²) < 4.78 is 0. The van der Waals surface area contributed by atoms with Crippen LogP contribution in [0.1, 0.15) is 44.2 Å². The van der Waals surface area contributed by atoms with E-state index in [4.69, 9.17) is 0 Å². The van der Waals surface area contributed by atoms with Crippen molar-refractivity contribution in [3.8, 4) is 0 Å². The van der Waals surface area contributed by atoms with Gasteiger partial charge in [-0.25, -0.2) is 4.98 Å². The largest absolute Gasteiger partial charge is 0.389 e. The fraction of sp³-hybridized carbons (Fsp3) is 0.750. The molecule has 1 aromatic heterocycles. The minimum absolute atomic E-state index is 0.113. The number of amides is 1. The van der Waals surface area contributed by atoms with E-state index in [-0.39, 0.29) is 5.91 Å². The molecule has 0 spiro atoms. The maximum absolute atomic E-state index is 12.5. The predicted molar refractivity (Wildman–Crippen MR) is 88.3 cm³/mol. The second-order valence-electron chi connectivity index (χ2n) is 6.60. The van der Waals surface area contributed by atoms with Gasteiger partial charge < -0.3 is 14.9 Å². The number of hydrogen-bond donors (Lipinski definition) is 1. The lowest BCUT2D eigenvalue weighted by Crippen LogP contribution is -2.40. The molecule has 3 rings (SSSR count). The van der Waals surface area contributed by atoms with E-state index in [9.17, 15) is 9.90 Å². The first-order chi connectivity index (χ1) is 10.6. The van der Waals surface area contributed by atoms with Crippen LogP contribution in [-0.2, 0) is 4.79 Å². The number of anilines is 1. The SMILES string of the molecule is Cc1csc(N2CCCN(C(=O)CC3(O)CCCC3)CC2)n1. The van der Waals surface area contributed by atoms with Gasteiger partial charge in [-0.15, -0.1) is 11.3 Å². The number of aromatic nitrogens is 1. The van der Waals surface area contributed by atoms with Crippen LogP contribution in [0.15, 0.2) is 5.38 Å². The van der Waals surface area contributed by atoms with E-state index in [1.165, 1.54) is 0 Å². The molecule has 1 N–H and O–H groups in total. The molecule has 22 heavy (non-hydrogen) atoms. The molecule has 122 valence electrons. The zero-order chi connectivity index (χ0) is 15.6. The monoisotopic (exact) mass is 323 g/mol. The maximum Gasteiger partial charge on any atom is 0.225 e. The van der Waals surface area contributed by atoms with Crippen molar-refractivity contribution in [1.29, 1.82) is 0 Å². The Bertz CT molecular complexity index is 525. The molecule has 2 heterocycles. The van der Waals surface area contributed by atoms with Crippen LogP contribution >= 0.6 is 11.3 Å². The first-order valence-corrected chi connectivity index (χ1v) is 9.11. The zero-order valence-electron chi connectivity index (χ0n) is 13.3. The Balaban J connectivity index is 1.56. The van der Waals surface area contributed by atoms with Crippen molar-refractivity contribution in [3.05, 3.63) is 11.1 Å². The van der Waals surface area contributed by atoms with Crippen molar-refractivity contribution < 1.29 is 9.90 Å². The van der Waals surface area contributed by atoms with Gasteiger partial charge in [-0.05, 0) is 26.2 Å². The Kier molecular flexibility index (Phi) is 4.68. The molecule has 1 aromatic rings. The van der Waals surface area contributed by atoms with Crippen LogP contribution in [0.2, 0.25) is 0 Å². The summed E-state index contributed by atoms with van der Waals surface area (Å²) in [5.41, 5.74) is 0.316. The van der Waals surface area contributed by atoms with E-state index in [2.05, 4.69) is 15.3 Å². The van der Waals surface area contributed by atoms with Crippen molar-refractivity contribution in [1.82, 2.24) is 9.88 Å². The molecule has 5 nitrogen and oxygen atoms in total. The van der Waals surface area contributed by atoms with E-state index in [1.54, 1.807) is 11.3 Å². The second kappa shape index (κ2) is 6.54. The van der Waals surface area contributed by atoms with Gasteiger partial charge in [0.15, 0.2) is 5.13 Å². The van der Waals surface area contributed by atoms with Gasteiger partial charge in [0.25, 0.3) is 0 Å². The van der Waals surface area contributed by atoms with Gasteiger partial charge in [0.1, 0.15) is 0 Å². The molecule has 2 fully saturated rings. The third-order valence-electron chi connectivity index (χ3n) is 4.74. The standard InChI is InChI=1S/C16H25N3O2S/c1-13-12-22-15(17-13)19-8-4-7-18(9-10-19)14(20)11-16(21)5-2-3-6-16/h12,21H,2-11H2,1H3. The Hall–Kier alpha value is -1.14. The lowest BCUT2D eigenvalue weighted by molar-refractivity contribution is -0.136. The van der Waals surface area contributed by atoms with Gasteiger partial charge in [-0.2, -0.15) is 0 Å². The van der Waals surface area contributed by atoms with Crippen LogP contribution in [-0.4, -0.2) is 52.7 Å². The van der Waals surface area contributed by atoms with Crippen LogP contribution in [0.4, 0.5) is 5.13 Å². The van der Waals surface area contributed by atoms with Gasteiger partial charge >= 0.3 is 0 Å². The number of thiazole rings is 1. The van der Waals surface area contributed by atoms with Gasteiger partial charge in [0.2, 0.25) is 5.91 Å². The van der Waals surface area contributed by atoms with Crippen molar-refractivity contribution in [2.75, 3.05) is 31.1 Å². The smallest absolute Gasteiger partial charge is 0.225 e. The topological polar surface area (TPSA) is 56.7 Å². The fourth-order valence-corrected chi connectivity index (χ4v) is 4.31. The van der Waals surface area contributed by atoms with Gasteiger partial charge in [0, 0.05) is 31.6 Å².